The van der Waals surface area contributed by atoms with Gasteiger partial charge in [0.15, 0.2) is 0 Å². The average Bonchev–Trinajstić information content (AvgIpc) is 2.81. The maximum Gasteiger partial charge on any atom is 0.409 e. The zero-order valence-corrected chi connectivity index (χ0v) is 14.1. The first kappa shape index (κ1) is 17.1. The van der Waals surface area contributed by atoms with E-state index >= 15 is 0 Å². The van der Waals surface area contributed by atoms with E-state index in [-0.39, 0.29) is 24.3 Å². The molecule has 0 aliphatic carbocycles. The highest BCUT2D eigenvalue weighted by molar-refractivity contribution is 5.93. The maximum absolute atomic E-state index is 12.5. The standard InChI is InChI=1S/C17H21N3O5/c1-24-17(23)20-7-5-19(6-8-20)16(22)11-12-2-3-14-13(10-12)18-15(21)4-9-25-14/h2-3,10H,4-9,11H2,1H3,(H,18,21). The molecule has 0 unspecified atom stereocenters. The van der Waals surface area contributed by atoms with Gasteiger partial charge in [-0.25, -0.2) is 4.79 Å². The Morgan fingerprint density at radius 2 is 1.92 bits per heavy atom. The van der Waals surface area contributed by atoms with Crippen LogP contribution >= 0.6 is 0 Å². The van der Waals surface area contributed by atoms with Gasteiger partial charge < -0.3 is 24.6 Å². The van der Waals surface area contributed by atoms with E-state index in [0.29, 0.717) is 50.6 Å². The van der Waals surface area contributed by atoms with Crippen molar-refractivity contribution in [2.45, 2.75) is 12.8 Å². The molecule has 2 aliphatic rings. The molecule has 0 atom stereocenters. The van der Waals surface area contributed by atoms with Crippen LogP contribution in [-0.2, 0) is 20.7 Å². The van der Waals surface area contributed by atoms with Crippen LogP contribution in [0.4, 0.5) is 10.5 Å². The summed E-state index contributed by atoms with van der Waals surface area (Å²) >= 11 is 0. The number of anilines is 1. The number of carbonyl (C=O) groups is 3. The van der Waals surface area contributed by atoms with Gasteiger partial charge >= 0.3 is 6.09 Å². The summed E-state index contributed by atoms with van der Waals surface area (Å²) in [6.45, 7) is 2.25. The fourth-order valence-electron chi connectivity index (χ4n) is 2.93. The number of amides is 3. The van der Waals surface area contributed by atoms with Crippen LogP contribution in [0.5, 0.6) is 5.75 Å². The Morgan fingerprint density at radius 1 is 1.20 bits per heavy atom. The Kier molecular flexibility index (Phi) is 5.06. The highest BCUT2D eigenvalue weighted by atomic mass is 16.5. The van der Waals surface area contributed by atoms with Crippen LogP contribution in [0.1, 0.15) is 12.0 Å². The molecule has 25 heavy (non-hydrogen) atoms. The second-order valence-electron chi connectivity index (χ2n) is 5.99. The van der Waals surface area contributed by atoms with Gasteiger partial charge in [0.2, 0.25) is 11.8 Å². The number of nitrogens with one attached hydrogen (secondary N) is 1. The van der Waals surface area contributed by atoms with E-state index in [1.54, 1.807) is 21.9 Å². The van der Waals surface area contributed by atoms with Gasteiger partial charge in [0.1, 0.15) is 5.75 Å². The van der Waals surface area contributed by atoms with Crippen molar-refractivity contribution in [1.82, 2.24) is 9.80 Å². The summed E-state index contributed by atoms with van der Waals surface area (Å²) < 4.78 is 10.2. The molecule has 1 N–H and O–H groups in total. The van der Waals surface area contributed by atoms with Crippen LogP contribution in [0.2, 0.25) is 0 Å². The fourth-order valence-corrected chi connectivity index (χ4v) is 2.93. The topological polar surface area (TPSA) is 88.2 Å². The predicted octanol–water partition coefficient (Wildman–Crippen LogP) is 0.861. The molecule has 1 fully saturated rings. The second-order valence-corrected chi connectivity index (χ2v) is 5.99. The van der Waals surface area contributed by atoms with Crippen LogP contribution in [0.3, 0.4) is 0 Å². The number of piperazine rings is 1. The zero-order chi connectivity index (χ0) is 17.8. The van der Waals surface area contributed by atoms with E-state index in [4.69, 9.17) is 9.47 Å². The molecular weight excluding hydrogens is 326 g/mol. The van der Waals surface area contributed by atoms with Crippen molar-refractivity contribution in [3.05, 3.63) is 23.8 Å². The predicted molar refractivity (Wildman–Crippen MR) is 89.4 cm³/mol. The van der Waals surface area contributed by atoms with Gasteiger partial charge in [-0.3, -0.25) is 9.59 Å². The van der Waals surface area contributed by atoms with Crippen LogP contribution in [0.15, 0.2) is 18.2 Å². The number of carbonyl (C=O) groups excluding carboxylic acids is 3. The quantitative estimate of drug-likeness (QED) is 0.857. The lowest BCUT2D eigenvalue weighted by molar-refractivity contribution is -0.132. The Balaban J connectivity index is 1.60. The number of hydrogen-bond acceptors (Lipinski definition) is 5. The summed E-state index contributed by atoms with van der Waals surface area (Å²) in [6, 6.07) is 5.39. The lowest BCUT2D eigenvalue weighted by atomic mass is 10.1. The molecule has 0 spiro atoms. The molecule has 0 radical (unpaired) electrons. The fraction of sp³-hybridized carbons (Fsp3) is 0.471. The average molecular weight is 347 g/mol. The van der Waals surface area contributed by atoms with Crippen molar-refractivity contribution in [3.8, 4) is 5.75 Å². The molecule has 8 nitrogen and oxygen atoms in total. The third-order valence-corrected chi connectivity index (χ3v) is 4.33. The lowest BCUT2D eigenvalue weighted by Crippen LogP contribution is -2.50. The maximum atomic E-state index is 12.5. The van der Waals surface area contributed by atoms with E-state index < -0.39 is 0 Å². The molecule has 1 aromatic carbocycles. The van der Waals surface area contributed by atoms with E-state index in [1.807, 2.05) is 6.07 Å². The van der Waals surface area contributed by atoms with Crippen LogP contribution in [0.25, 0.3) is 0 Å². The van der Waals surface area contributed by atoms with E-state index in [2.05, 4.69) is 5.32 Å². The molecule has 0 saturated carbocycles. The normalized spacial score (nSPS) is 17.1. The molecule has 2 aliphatic heterocycles. The number of benzene rings is 1. The minimum Gasteiger partial charge on any atom is -0.491 e. The highest BCUT2D eigenvalue weighted by Gasteiger charge is 2.24. The van der Waals surface area contributed by atoms with Crippen LogP contribution in [-0.4, -0.2) is 67.6 Å². The van der Waals surface area contributed by atoms with Gasteiger partial charge in [-0.05, 0) is 17.7 Å². The summed E-state index contributed by atoms with van der Waals surface area (Å²) in [6.07, 6.45) is 0.183. The Bertz CT molecular complexity index is 683. The van der Waals surface area contributed by atoms with E-state index in [1.165, 1.54) is 7.11 Å². The van der Waals surface area contributed by atoms with Gasteiger partial charge in [0.05, 0.1) is 32.2 Å². The van der Waals surface area contributed by atoms with Gasteiger partial charge in [0, 0.05) is 26.2 Å². The van der Waals surface area contributed by atoms with E-state index in [0.717, 1.165) is 5.56 Å². The first-order valence-corrected chi connectivity index (χ1v) is 8.23. The SMILES string of the molecule is COC(=O)N1CCN(C(=O)Cc2ccc3c(c2)NC(=O)CCO3)CC1. The molecule has 3 amide bonds. The molecule has 2 heterocycles. The molecule has 8 heteroatoms. The number of methoxy groups -OCH3 is 1. The highest BCUT2D eigenvalue weighted by Crippen LogP contribution is 2.28. The van der Waals surface area contributed by atoms with Crippen molar-refractivity contribution in [1.29, 1.82) is 0 Å². The summed E-state index contributed by atoms with van der Waals surface area (Å²) in [4.78, 5) is 38.9. The molecular formula is C17H21N3O5. The third-order valence-electron chi connectivity index (χ3n) is 4.33. The molecule has 3 rings (SSSR count). The largest absolute Gasteiger partial charge is 0.491 e. The van der Waals surface area contributed by atoms with Crippen molar-refractivity contribution >= 4 is 23.6 Å². The number of nitrogens with zero attached hydrogens (tertiary/aromatic N) is 2. The number of ether oxygens (including phenoxy) is 2. The van der Waals surface area contributed by atoms with Crippen molar-refractivity contribution < 1.29 is 23.9 Å². The first-order chi connectivity index (χ1) is 12.1. The molecule has 134 valence electrons. The zero-order valence-electron chi connectivity index (χ0n) is 14.1. The van der Waals surface area contributed by atoms with Crippen molar-refractivity contribution in [2.75, 3.05) is 45.2 Å². The monoisotopic (exact) mass is 347 g/mol. The Morgan fingerprint density at radius 3 is 2.64 bits per heavy atom. The molecule has 1 saturated heterocycles. The van der Waals surface area contributed by atoms with E-state index in [9.17, 15) is 14.4 Å². The van der Waals surface area contributed by atoms with Crippen LogP contribution in [0, 0.1) is 0 Å². The van der Waals surface area contributed by atoms with Gasteiger partial charge in [-0.1, -0.05) is 6.07 Å². The summed E-state index contributed by atoms with van der Waals surface area (Å²) in [7, 11) is 1.35. The van der Waals surface area contributed by atoms with Crippen molar-refractivity contribution in [2.24, 2.45) is 0 Å². The molecule has 0 bridgehead atoms. The lowest BCUT2D eigenvalue weighted by Gasteiger charge is -2.33. The van der Waals surface area contributed by atoms with Gasteiger partial charge in [-0.15, -0.1) is 0 Å². The minimum atomic E-state index is -0.367. The number of fused-ring (bicyclic) bond motifs is 1. The smallest absolute Gasteiger partial charge is 0.409 e. The molecule has 0 aromatic heterocycles. The van der Waals surface area contributed by atoms with Gasteiger partial charge in [-0.2, -0.15) is 0 Å². The Labute approximate surface area is 145 Å². The minimum absolute atomic E-state index is 0.00895. The summed E-state index contributed by atoms with van der Waals surface area (Å²) in [5.41, 5.74) is 1.41. The van der Waals surface area contributed by atoms with Crippen LogP contribution < -0.4 is 10.1 Å². The summed E-state index contributed by atoms with van der Waals surface area (Å²) in [5, 5.41) is 2.79. The number of rotatable bonds is 2. The first-order valence-electron chi connectivity index (χ1n) is 8.23. The molecule has 1 aromatic rings. The summed E-state index contributed by atoms with van der Waals surface area (Å²) in [5.74, 6) is 0.514. The van der Waals surface area contributed by atoms with Gasteiger partial charge in [0.25, 0.3) is 0 Å². The Hall–Kier alpha value is -2.77. The third kappa shape index (κ3) is 4.01. The van der Waals surface area contributed by atoms with Crippen molar-refractivity contribution in [3.63, 3.8) is 0 Å². The number of hydrogen-bond donors (Lipinski definition) is 1. The second kappa shape index (κ2) is 7.42.